The van der Waals surface area contributed by atoms with Crippen molar-refractivity contribution in [1.29, 1.82) is 0 Å². The summed E-state index contributed by atoms with van der Waals surface area (Å²) in [5, 5.41) is 7.26. The van der Waals surface area contributed by atoms with Crippen molar-refractivity contribution in [2.45, 2.75) is 4.71 Å². The van der Waals surface area contributed by atoms with Crippen LogP contribution >= 0.6 is 23.5 Å². The van der Waals surface area contributed by atoms with Crippen molar-refractivity contribution in [3.8, 4) is 0 Å². The van der Waals surface area contributed by atoms with Crippen molar-refractivity contribution in [2.75, 3.05) is 0 Å². The molecule has 0 aliphatic carbocycles. The zero-order valence-electron chi connectivity index (χ0n) is 6.08. The van der Waals surface area contributed by atoms with Crippen LogP contribution in [-0.4, -0.2) is 15.3 Å². The van der Waals surface area contributed by atoms with Crippen molar-refractivity contribution < 1.29 is 34.0 Å². The van der Waals surface area contributed by atoms with Gasteiger partial charge < -0.3 is 0 Å². The highest BCUT2D eigenvalue weighted by Gasteiger charge is 2.28. The Hall–Kier alpha value is 0.0400. The molecule has 0 spiro atoms. The van der Waals surface area contributed by atoms with Crippen molar-refractivity contribution >= 4 is 29.1 Å². The quantitative estimate of drug-likeness (QED) is 0.454. The highest BCUT2D eigenvalue weighted by Crippen LogP contribution is 2.30. The van der Waals surface area contributed by atoms with E-state index in [1.807, 2.05) is 23.5 Å². The Kier molecular flexibility index (Phi) is 3.86. The van der Waals surface area contributed by atoms with E-state index in [4.69, 9.17) is 18.6 Å². The van der Waals surface area contributed by atoms with Crippen LogP contribution in [0, 0.1) is 10.2 Å². The van der Waals surface area contributed by atoms with E-state index >= 15 is 0 Å². The van der Waals surface area contributed by atoms with Gasteiger partial charge in [0.15, 0.2) is 4.71 Å². The lowest BCUT2D eigenvalue weighted by Gasteiger charge is -2.17. The van der Waals surface area contributed by atoms with Crippen LogP contribution in [0.4, 0.5) is 0 Å². The third-order valence-electron chi connectivity index (χ3n) is 1.03. The van der Waals surface area contributed by atoms with Gasteiger partial charge in [-0.25, -0.2) is 18.6 Å². The van der Waals surface area contributed by atoms with Gasteiger partial charge in [0.05, 0.1) is 6.20 Å². The highest BCUT2D eigenvalue weighted by molar-refractivity contribution is 8.24. The lowest BCUT2D eigenvalue weighted by molar-refractivity contribution is -2.00. The Balaban J connectivity index is 0.000000149. The Morgan fingerprint density at radius 1 is 1.23 bits per heavy atom. The van der Waals surface area contributed by atoms with Gasteiger partial charge in [-0.2, -0.15) is 0 Å². The van der Waals surface area contributed by atoms with Crippen LogP contribution in [0.3, 0.4) is 0 Å². The molecule has 9 heteroatoms. The molecule has 2 aliphatic heterocycles. The van der Waals surface area contributed by atoms with Gasteiger partial charge in [-0.15, -0.1) is 20.4 Å². The summed E-state index contributed by atoms with van der Waals surface area (Å²) in [5.74, 6) is 0. The van der Waals surface area contributed by atoms with E-state index in [1.165, 1.54) is 0 Å². The highest BCUT2D eigenvalue weighted by atomic mass is 35.7. The zero-order chi connectivity index (χ0) is 9.90. The summed E-state index contributed by atoms with van der Waals surface area (Å²) in [5.41, 5.74) is 2.00. The standard InChI is InChI=1S/C4H4N2S2.ClHO4/c1-2-7-4-6(1)5-3-8-4;2-1(3,4)5/h1-4H;(H,2,3,4,5). The van der Waals surface area contributed by atoms with Gasteiger partial charge >= 0.3 is 0 Å². The molecule has 0 aromatic heterocycles. The molecular formula is C4H5ClN2O4S2. The number of hydrogen-bond acceptors (Lipinski definition) is 7. The molecule has 74 valence electrons. The normalized spacial score (nSPS) is 24.3. The molecule has 1 unspecified atom stereocenters. The first-order chi connectivity index (χ1) is 5.97. The summed E-state index contributed by atoms with van der Waals surface area (Å²) in [7, 11) is -4.94. The van der Waals surface area contributed by atoms with Gasteiger partial charge in [-0.05, 0) is 17.2 Å². The van der Waals surface area contributed by atoms with E-state index in [2.05, 4.69) is 15.5 Å². The van der Waals surface area contributed by atoms with Gasteiger partial charge in [0, 0.05) is 0 Å². The third kappa shape index (κ3) is 4.72. The van der Waals surface area contributed by atoms with Gasteiger partial charge in [0.25, 0.3) is 0 Å². The summed E-state index contributed by atoms with van der Waals surface area (Å²) < 4.78 is 34.5. The smallest absolute Gasteiger partial charge is 0.222 e. The predicted molar refractivity (Wildman–Crippen MR) is 37.0 cm³/mol. The number of thioether (sulfide) groups is 2. The molecule has 0 radical (unpaired) electrons. The number of nitrogens with one attached hydrogen (secondary N) is 1. The summed E-state index contributed by atoms with van der Waals surface area (Å²) >= 11 is 3.63. The molecule has 0 saturated heterocycles. The molecule has 13 heavy (non-hydrogen) atoms. The molecular weight excluding hydrogens is 240 g/mol. The number of hydrazone groups is 1. The molecule has 6 nitrogen and oxygen atoms in total. The van der Waals surface area contributed by atoms with Gasteiger partial charge in [-0.1, -0.05) is 11.8 Å². The average molecular weight is 245 g/mol. The lowest BCUT2D eigenvalue weighted by Crippen LogP contribution is -2.76. The Bertz CT molecular complexity index is 209. The van der Waals surface area contributed by atoms with Crippen LogP contribution in [0.1, 0.15) is 0 Å². The lowest BCUT2D eigenvalue weighted by atomic mass is 11.0. The van der Waals surface area contributed by atoms with Crippen LogP contribution in [0.15, 0.2) is 11.6 Å². The molecule has 0 amide bonds. The molecule has 0 fully saturated rings. The summed E-state index contributed by atoms with van der Waals surface area (Å²) in [6.07, 6.45) is 2.05. The van der Waals surface area contributed by atoms with Gasteiger partial charge in [0.2, 0.25) is 5.55 Å². The predicted octanol–water partition coefficient (Wildman–Crippen LogP) is -5.20. The Morgan fingerprint density at radius 2 is 1.85 bits per heavy atom. The van der Waals surface area contributed by atoms with Crippen LogP contribution in [0.5, 0.6) is 0 Å². The van der Waals surface area contributed by atoms with E-state index < -0.39 is 10.2 Å². The minimum absolute atomic E-state index is 0.565. The summed E-state index contributed by atoms with van der Waals surface area (Å²) in [6, 6.07) is 0. The number of nitrogens with zero attached hydrogens (tertiary/aromatic N) is 1. The maximum Gasteiger partial charge on any atom is 0.228 e. The Labute approximate surface area is 84.6 Å². The fourth-order valence-corrected chi connectivity index (χ4v) is 2.43. The van der Waals surface area contributed by atoms with Crippen molar-refractivity contribution in [3.05, 3.63) is 11.6 Å². The second kappa shape index (κ2) is 4.51. The van der Waals surface area contributed by atoms with Crippen LogP contribution in [0.25, 0.3) is 0 Å². The average Bonchev–Trinajstić information content (AvgIpc) is 2.36. The minimum Gasteiger partial charge on any atom is -0.222 e. The molecule has 2 heterocycles. The SMILES string of the molecule is C1=CN2[NH+]=CSC2S1.[O-][Cl+3]([O-])([O-])[O-]. The molecule has 2 aliphatic rings. The molecule has 0 saturated carbocycles. The van der Waals surface area contributed by atoms with Crippen molar-refractivity contribution in [3.63, 3.8) is 0 Å². The maximum absolute atomic E-state index is 8.49. The molecule has 0 bridgehead atoms. The second-order valence-corrected chi connectivity index (χ2v) is 4.90. The van der Waals surface area contributed by atoms with E-state index in [0.29, 0.717) is 4.71 Å². The number of fused-ring (bicyclic) bond motifs is 1. The van der Waals surface area contributed by atoms with Crippen LogP contribution in [0.2, 0.25) is 0 Å². The summed E-state index contributed by atoms with van der Waals surface area (Å²) in [6.45, 7) is 0. The van der Waals surface area contributed by atoms with E-state index in [9.17, 15) is 0 Å². The van der Waals surface area contributed by atoms with Crippen molar-refractivity contribution in [1.82, 2.24) is 5.01 Å². The number of halogens is 1. The molecule has 1 N–H and O–H groups in total. The maximum atomic E-state index is 8.49. The number of hydrogen-bond donors (Lipinski definition) is 1. The van der Waals surface area contributed by atoms with E-state index in [0.717, 1.165) is 0 Å². The monoisotopic (exact) mass is 244 g/mol. The van der Waals surface area contributed by atoms with Crippen molar-refractivity contribution in [2.24, 2.45) is 0 Å². The van der Waals surface area contributed by atoms with E-state index in [-0.39, 0.29) is 0 Å². The molecule has 1 atom stereocenters. The topological polar surface area (TPSA) is 109 Å². The largest absolute Gasteiger partial charge is 0.228 e. The van der Waals surface area contributed by atoms with Crippen LogP contribution < -0.4 is 23.7 Å². The first-order valence-electron chi connectivity index (χ1n) is 2.92. The molecule has 0 aromatic carbocycles. The third-order valence-corrected chi connectivity index (χ3v) is 3.14. The van der Waals surface area contributed by atoms with Crippen LogP contribution in [-0.2, 0) is 0 Å². The molecule has 2 rings (SSSR count). The minimum atomic E-state index is -4.94. The number of hydrazine groups is 1. The van der Waals surface area contributed by atoms with E-state index in [1.54, 1.807) is 11.8 Å². The number of rotatable bonds is 0. The fourth-order valence-electron chi connectivity index (χ4n) is 0.655. The fraction of sp³-hybridized carbons (Fsp3) is 0.250. The van der Waals surface area contributed by atoms with Gasteiger partial charge in [0.1, 0.15) is 0 Å². The second-order valence-electron chi connectivity index (χ2n) is 1.90. The summed E-state index contributed by atoms with van der Waals surface area (Å²) in [4.78, 5) is 0. The Morgan fingerprint density at radius 3 is 2.38 bits per heavy atom. The molecule has 0 aromatic rings. The van der Waals surface area contributed by atoms with Gasteiger partial charge in [-0.3, -0.25) is 0 Å². The first kappa shape index (κ1) is 11.1. The first-order valence-corrected chi connectivity index (χ1v) is 6.04. The zero-order valence-corrected chi connectivity index (χ0v) is 8.47.